The molecule has 1 unspecified atom stereocenters. The molecule has 0 radical (unpaired) electrons. The molecule has 1 N–H and O–H groups in total. The van der Waals surface area contributed by atoms with E-state index in [1.54, 1.807) is 12.2 Å². The van der Waals surface area contributed by atoms with Crippen LogP contribution in [0.3, 0.4) is 0 Å². The van der Waals surface area contributed by atoms with Gasteiger partial charge in [-0.25, -0.2) is 0 Å². The highest BCUT2D eigenvalue weighted by Crippen LogP contribution is 2.24. The molecule has 1 aliphatic carbocycles. The van der Waals surface area contributed by atoms with Crippen molar-refractivity contribution in [3.05, 3.63) is 23.4 Å². The SMILES string of the molecule is CC(N=C1CC(NC#N)=CC=C1C#N)C(C)(C)C. The molecule has 0 bridgehead atoms. The fourth-order valence-corrected chi connectivity index (χ4v) is 1.42. The summed E-state index contributed by atoms with van der Waals surface area (Å²) in [7, 11) is 0. The van der Waals surface area contributed by atoms with E-state index in [9.17, 15) is 0 Å². The Hall–Kier alpha value is -2.07. The Balaban J connectivity index is 3.01. The standard InChI is InChI=1S/C14H18N4/c1-10(14(2,3)4)18-13-7-12(17-9-16)6-5-11(13)8-15/h5-6,10,17H,7H2,1-4H3. The summed E-state index contributed by atoms with van der Waals surface area (Å²) in [5, 5.41) is 20.3. The average Bonchev–Trinajstić information content (AvgIpc) is 2.28. The molecule has 0 spiro atoms. The second-order valence-electron chi connectivity index (χ2n) is 5.42. The van der Waals surface area contributed by atoms with E-state index in [-0.39, 0.29) is 11.5 Å². The van der Waals surface area contributed by atoms with E-state index in [0.717, 1.165) is 11.4 Å². The molecule has 0 aromatic rings. The molecule has 0 amide bonds. The number of hydrogen-bond acceptors (Lipinski definition) is 4. The summed E-state index contributed by atoms with van der Waals surface area (Å²) in [4.78, 5) is 4.63. The summed E-state index contributed by atoms with van der Waals surface area (Å²) in [5.41, 5.74) is 2.16. The highest BCUT2D eigenvalue weighted by molar-refractivity contribution is 6.06. The maximum atomic E-state index is 9.08. The Bertz CT molecular complexity index is 489. The summed E-state index contributed by atoms with van der Waals surface area (Å²) in [6.07, 6.45) is 5.85. The second-order valence-corrected chi connectivity index (χ2v) is 5.42. The third-order valence-electron chi connectivity index (χ3n) is 3.06. The van der Waals surface area contributed by atoms with Gasteiger partial charge in [0.1, 0.15) is 6.07 Å². The zero-order chi connectivity index (χ0) is 13.8. The van der Waals surface area contributed by atoms with Crippen LogP contribution in [0.5, 0.6) is 0 Å². The van der Waals surface area contributed by atoms with E-state index < -0.39 is 0 Å². The minimum atomic E-state index is 0.0531. The van der Waals surface area contributed by atoms with Gasteiger partial charge in [0, 0.05) is 12.1 Å². The van der Waals surface area contributed by atoms with Crippen molar-refractivity contribution >= 4 is 5.71 Å². The van der Waals surface area contributed by atoms with Crippen LogP contribution in [-0.2, 0) is 0 Å². The molecule has 0 fully saturated rings. The lowest BCUT2D eigenvalue weighted by Crippen LogP contribution is -2.24. The lowest BCUT2D eigenvalue weighted by Gasteiger charge is -2.25. The molecule has 4 heteroatoms. The number of rotatable bonds is 2. The van der Waals surface area contributed by atoms with Gasteiger partial charge in [0.25, 0.3) is 0 Å². The summed E-state index contributed by atoms with van der Waals surface area (Å²) in [6.45, 7) is 8.39. The first-order valence-corrected chi connectivity index (χ1v) is 5.91. The average molecular weight is 242 g/mol. The van der Waals surface area contributed by atoms with Gasteiger partial charge in [-0.1, -0.05) is 20.8 Å². The second kappa shape index (κ2) is 5.51. The van der Waals surface area contributed by atoms with E-state index in [0.29, 0.717) is 12.0 Å². The van der Waals surface area contributed by atoms with Crippen molar-refractivity contribution in [3.8, 4) is 12.3 Å². The highest BCUT2D eigenvalue weighted by Gasteiger charge is 2.22. The Morgan fingerprint density at radius 1 is 1.33 bits per heavy atom. The van der Waals surface area contributed by atoms with Crippen LogP contribution >= 0.6 is 0 Å². The predicted molar refractivity (Wildman–Crippen MR) is 71.5 cm³/mol. The smallest absolute Gasteiger partial charge is 0.181 e. The first-order valence-electron chi connectivity index (χ1n) is 5.91. The van der Waals surface area contributed by atoms with Crippen molar-refractivity contribution in [1.29, 1.82) is 10.5 Å². The Morgan fingerprint density at radius 3 is 2.50 bits per heavy atom. The first-order chi connectivity index (χ1) is 8.38. The molecule has 0 heterocycles. The van der Waals surface area contributed by atoms with Crippen LogP contribution in [0.25, 0.3) is 0 Å². The fraction of sp³-hybridized carbons (Fsp3) is 0.500. The fourth-order valence-electron chi connectivity index (χ4n) is 1.42. The van der Waals surface area contributed by atoms with E-state index in [4.69, 9.17) is 10.5 Å². The predicted octanol–water partition coefficient (Wildman–Crippen LogP) is 2.67. The number of hydrogen-bond donors (Lipinski definition) is 1. The normalized spacial score (nSPS) is 19.3. The first kappa shape index (κ1) is 14.0. The number of nitriles is 2. The number of nitrogens with one attached hydrogen (secondary N) is 1. The highest BCUT2D eigenvalue weighted by atomic mass is 14.9. The van der Waals surface area contributed by atoms with E-state index in [1.165, 1.54) is 0 Å². The number of nitrogens with zero attached hydrogens (tertiary/aromatic N) is 3. The summed E-state index contributed by atoms with van der Waals surface area (Å²) < 4.78 is 0. The van der Waals surface area contributed by atoms with Gasteiger partial charge in [-0.3, -0.25) is 10.3 Å². The molecular formula is C14H18N4. The summed E-state index contributed by atoms with van der Waals surface area (Å²) in [5.74, 6) is 0. The quantitative estimate of drug-likeness (QED) is 0.597. The van der Waals surface area contributed by atoms with Crippen LogP contribution in [0.4, 0.5) is 0 Å². The van der Waals surface area contributed by atoms with Crippen molar-refractivity contribution in [2.24, 2.45) is 10.4 Å². The Kier molecular flexibility index (Phi) is 4.28. The molecule has 0 aromatic heterocycles. The molecule has 0 saturated carbocycles. The molecule has 0 saturated heterocycles. The molecule has 4 nitrogen and oxygen atoms in total. The molecule has 1 rings (SSSR count). The Morgan fingerprint density at radius 2 is 2.00 bits per heavy atom. The van der Waals surface area contributed by atoms with E-state index in [1.807, 2.05) is 13.1 Å². The topological polar surface area (TPSA) is 72.0 Å². The monoisotopic (exact) mass is 242 g/mol. The lowest BCUT2D eigenvalue weighted by atomic mass is 9.88. The van der Waals surface area contributed by atoms with Gasteiger partial charge in [-0.05, 0) is 24.5 Å². The molecular weight excluding hydrogens is 224 g/mol. The number of allylic oxidation sites excluding steroid dienone is 4. The van der Waals surface area contributed by atoms with Crippen molar-refractivity contribution in [1.82, 2.24) is 5.32 Å². The lowest BCUT2D eigenvalue weighted by molar-refractivity contribution is 0.341. The van der Waals surface area contributed by atoms with Gasteiger partial charge >= 0.3 is 0 Å². The molecule has 0 aliphatic heterocycles. The van der Waals surface area contributed by atoms with E-state index >= 15 is 0 Å². The molecule has 18 heavy (non-hydrogen) atoms. The van der Waals surface area contributed by atoms with E-state index in [2.05, 4.69) is 37.1 Å². The molecule has 1 aliphatic rings. The molecule has 0 aromatic carbocycles. The van der Waals surface area contributed by atoms with Gasteiger partial charge < -0.3 is 0 Å². The summed E-state index contributed by atoms with van der Waals surface area (Å²) in [6, 6.07) is 2.26. The minimum absolute atomic E-state index is 0.0531. The number of aliphatic imine (C=N–C) groups is 1. The maximum absolute atomic E-state index is 9.08. The van der Waals surface area contributed by atoms with Crippen LogP contribution < -0.4 is 5.32 Å². The summed E-state index contributed by atoms with van der Waals surface area (Å²) >= 11 is 0. The van der Waals surface area contributed by atoms with Crippen molar-refractivity contribution in [2.75, 3.05) is 0 Å². The zero-order valence-electron chi connectivity index (χ0n) is 11.3. The Labute approximate surface area is 108 Å². The van der Waals surface area contributed by atoms with Gasteiger partial charge in [-0.15, -0.1) is 0 Å². The van der Waals surface area contributed by atoms with Crippen LogP contribution in [0.2, 0.25) is 0 Å². The zero-order valence-corrected chi connectivity index (χ0v) is 11.3. The van der Waals surface area contributed by atoms with Gasteiger partial charge in [0.15, 0.2) is 6.19 Å². The van der Waals surface area contributed by atoms with Crippen LogP contribution in [-0.4, -0.2) is 11.8 Å². The van der Waals surface area contributed by atoms with Gasteiger partial charge in [0.05, 0.1) is 17.3 Å². The largest absolute Gasteiger partial charge is 0.296 e. The van der Waals surface area contributed by atoms with Crippen LogP contribution in [0, 0.1) is 28.2 Å². The van der Waals surface area contributed by atoms with Crippen molar-refractivity contribution in [3.63, 3.8) is 0 Å². The maximum Gasteiger partial charge on any atom is 0.181 e. The van der Waals surface area contributed by atoms with Crippen molar-refractivity contribution in [2.45, 2.75) is 40.2 Å². The molecule has 94 valence electrons. The third-order valence-corrected chi connectivity index (χ3v) is 3.06. The van der Waals surface area contributed by atoms with Crippen LogP contribution in [0.1, 0.15) is 34.1 Å². The van der Waals surface area contributed by atoms with Gasteiger partial charge in [-0.2, -0.15) is 10.5 Å². The van der Waals surface area contributed by atoms with Crippen molar-refractivity contribution < 1.29 is 0 Å². The van der Waals surface area contributed by atoms with Crippen LogP contribution in [0.15, 0.2) is 28.4 Å². The minimum Gasteiger partial charge on any atom is -0.296 e. The third kappa shape index (κ3) is 3.46. The van der Waals surface area contributed by atoms with Gasteiger partial charge in [0.2, 0.25) is 0 Å². The molecule has 1 atom stereocenters.